The number of hydrogen-bond acceptors (Lipinski definition) is 6. The summed E-state index contributed by atoms with van der Waals surface area (Å²) in [6, 6.07) is 10.9. The molecule has 1 atom stereocenters. The minimum absolute atomic E-state index is 0.0769. The number of unbranched alkanes of at least 4 members (excludes halogenated alkanes) is 3. The molecule has 3 amide bonds. The first-order valence-electron chi connectivity index (χ1n) is 13.6. The molecule has 0 spiro atoms. The van der Waals surface area contributed by atoms with Gasteiger partial charge in [-0.05, 0) is 42.2 Å². The lowest BCUT2D eigenvalue weighted by Crippen LogP contribution is -2.61. The SMILES string of the molecule is CCCCCCNC(=O)CN1CC(=O)N(CC)[C@H](Cc2ccc(-c3cc(OC)c(OC)c(OC)c3)cc2)C1=O. The average Bonchev–Trinajstić information content (AvgIpc) is 2.95. The number of amides is 3. The second-order valence-corrected chi connectivity index (χ2v) is 9.62. The molecule has 0 unspecified atom stereocenters. The molecule has 3 rings (SSSR count). The number of nitrogens with one attached hydrogen (secondary N) is 1. The van der Waals surface area contributed by atoms with Gasteiger partial charge in [0.15, 0.2) is 11.5 Å². The molecule has 1 N–H and O–H groups in total. The van der Waals surface area contributed by atoms with Crippen LogP contribution in [0.5, 0.6) is 17.2 Å². The molecule has 2 aromatic carbocycles. The van der Waals surface area contributed by atoms with Crippen LogP contribution in [-0.2, 0) is 20.8 Å². The number of carbonyl (C=O) groups excluding carboxylic acids is 3. The maximum atomic E-state index is 13.4. The van der Waals surface area contributed by atoms with Gasteiger partial charge in [0.05, 0.1) is 21.3 Å². The summed E-state index contributed by atoms with van der Waals surface area (Å²) in [5, 5.41) is 2.88. The van der Waals surface area contributed by atoms with Crippen LogP contribution in [0.3, 0.4) is 0 Å². The van der Waals surface area contributed by atoms with E-state index < -0.39 is 6.04 Å². The first kappa shape index (κ1) is 29.8. The number of piperazine rings is 1. The van der Waals surface area contributed by atoms with Crippen LogP contribution in [0.1, 0.15) is 45.1 Å². The number of likely N-dealkylation sites (N-methyl/N-ethyl adjacent to an activating group) is 1. The van der Waals surface area contributed by atoms with Crippen molar-refractivity contribution >= 4 is 17.7 Å². The van der Waals surface area contributed by atoms with Gasteiger partial charge in [-0.1, -0.05) is 50.5 Å². The Morgan fingerprint density at radius 2 is 1.59 bits per heavy atom. The summed E-state index contributed by atoms with van der Waals surface area (Å²) in [5.74, 6) is 1.07. The maximum Gasteiger partial charge on any atom is 0.246 e. The number of benzene rings is 2. The topological polar surface area (TPSA) is 97.4 Å². The molecule has 1 heterocycles. The average molecular weight is 540 g/mol. The molecule has 9 nitrogen and oxygen atoms in total. The van der Waals surface area contributed by atoms with E-state index in [1.807, 2.05) is 43.3 Å². The molecule has 0 bridgehead atoms. The van der Waals surface area contributed by atoms with E-state index in [1.165, 1.54) is 4.90 Å². The van der Waals surface area contributed by atoms with Gasteiger partial charge in [0.1, 0.15) is 19.1 Å². The van der Waals surface area contributed by atoms with E-state index in [2.05, 4.69) is 12.2 Å². The van der Waals surface area contributed by atoms with Gasteiger partial charge in [0, 0.05) is 19.5 Å². The van der Waals surface area contributed by atoms with Crippen LogP contribution in [-0.4, -0.2) is 81.1 Å². The van der Waals surface area contributed by atoms with Crippen molar-refractivity contribution in [3.05, 3.63) is 42.0 Å². The summed E-state index contributed by atoms with van der Waals surface area (Å²) in [6.45, 7) is 4.83. The molecule has 0 radical (unpaired) electrons. The highest BCUT2D eigenvalue weighted by Crippen LogP contribution is 2.41. The molecule has 0 aromatic heterocycles. The summed E-state index contributed by atoms with van der Waals surface area (Å²) in [6.07, 6.45) is 4.59. The summed E-state index contributed by atoms with van der Waals surface area (Å²) < 4.78 is 16.4. The number of nitrogens with zero attached hydrogens (tertiary/aromatic N) is 2. The Morgan fingerprint density at radius 3 is 2.15 bits per heavy atom. The molecule has 0 aliphatic carbocycles. The van der Waals surface area contributed by atoms with Crippen LogP contribution in [0.4, 0.5) is 0 Å². The highest BCUT2D eigenvalue weighted by atomic mass is 16.5. The van der Waals surface area contributed by atoms with Crippen LogP contribution in [0.2, 0.25) is 0 Å². The molecule has 39 heavy (non-hydrogen) atoms. The van der Waals surface area contributed by atoms with Gasteiger partial charge in [-0.15, -0.1) is 0 Å². The predicted octanol–water partition coefficient (Wildman–Crippen LogP) is 3.68. The van der Waals surface area contributed by atoms with Crippen molar-refractivity contribution in [2.75, 3.05) is 47.5 Å². The van der Waals surface area contributed by atoms with E-state index in [-0.39, 0.29) is 30.8 Å². The van der Waals surface area contributed by atoms with E-state index in [9.17, 15) is 14.4 Å². The van der Waals surface area contributed by atoms with Gasteiger partial charge in [-0.2, -0.15) is 0 Å². The molecule has 9 heteroatoms. The van der Waals surface area contributed by atoms with Crippen LogP contribution in [0, 0.1) is 0 Å². The third-order valence-electron chi connectivity index (χ3n) is 7.03. The van der Waals surface area contributed by atoms with Crippen LogP contribution in [0.15, 0.2) is 36.4 Å². The van der Waals surface area contributed by atoms with Crippen molar-refractivity contribution in [3.8, 4) is 28.4 Å². The number of rotatable bonds is 14. The molecule has 1 aliphatic heterocycles. The maximum absolute atomic E-state index is 13.4. The van der Waals surface area contributed by atoms with E-state index in [0.29, 0.717) is 36.8 Å². The van der Waals surface area contributed by atoms with E-state index in [1.54, 1.807) is 26.2 Å². The second kappa shape index (κ2) is 14.4. The monoisotopic (exact) mass is 539 g/mol. The first-order chi connectivity index (χ1) is 18.9. The van der Waals surface area contributed by atoms with Gasteiger partial charge in [-0.25, -0.2) is 0 Å². The Labute approximate surface area is 231 Å². The van der Waals surface area contributed by atoms with Gasteiger partial charge >= 0.3 is 0 Å². The van der Waals surface area contributed by atoms with Crippen LogP contribution < -0.4 is 19.5 Å². The zero-order chi connectivity index (χ0) is 28.4. The van der Waals surface area contributed by atoms with Crippen molar-refractivity contribution in [1.82, 2.24) is 15.1 Å². The predicted molar refractivity (Wildman–Crippen MR) is 150 cm³/mol. The quantitative estimate of drug-likeness (QED) is 0.368. The molecular formula is C30H41N3O6. The molecule has 2 aromatic rings. The van der Waals surface area contributed by atoms with Gasteiger partial charge in [0.2, 0.25) is 23.5 Å². The van der Waals surface area contributed by atoms with Gasteiger partial charge in [0.25, 0.3) is 0 Å². The Balaban J connectivity index is 1.72. The lowest BCUT2D eigenvalue weighted by atomic mass is 9.97. The molecular weight excluding hydrogens is 498 g/mol. The Bertz CT molecular complexity index is 1110. The fourth-order valence-electron chi connectivity index (χ4n) is 4.89. The summed E-state index contributed by atoms with van der Waals surface area (Å²) in [4.78, 5) is 41.7. The van der Waals surface area contributed by atoms with Crippen molar-refractivity contribution in [2.24, 2.45) is 0 Å². The highest BCUT2D eigenvalue weighted by Gasteiger charge is 2.39. The smallest absolute Gasteiger partial charge is 0.246 e. The number of carbonyl (C=O) groups is 3. The van der Waals surface area contributed by atoms with Crippen LogP contribution >= 0.6 is 0 Å². The fraction of sp³-hybridized carbons (Fsp3) is 0.500. The van der Waals surface area contributed by atoms with Crippen LogP contribution in [0.25, 0.3) is 11.1 Å². The van der Waals surface area contributed by atoms with Gasteiger partial charge < -0.3 is 29.3 Å². The number of methoxy groups -OCH3 is 3. The Hall–Kier alpha value is -3.75. The van der Waals surface area contributed by atoms with Crippen molar-refractivity contribution in [3.63, 3.8) is 0 Å². The normalized spacial score (nSPS) is 15.4. The summed E-state index contributed by atoms with van der Waals surface area (Å²) in [5.41, 5.74) is 2.74. The van der Waals surface area contributed by atoms with Crippen molar-refractivity contribution in [2.45, 2.75) is 52.0 Å². The zero-order valence-electron chi connectivity index (χ0n) is 23.7. The lowest BCUT2D eigenvalue weighted by molar-refractivity contribution is -0.156. The Kier molecular flexibility index (Phi) is 11.0. The van der Waals surface area contributed by atoms with E-state index in [0.717, 1.165) is 42.4 Å². The van der Waals surface area contributed by atoms with Gasteiger partial charge in [-0.3, -0.25) is 14.4 Å². The third kappa shape index (κ3) is 7.43. The Morgan fingerprint density at radius 1 is 0.923 bits per heavy atom. The highest BCUT2D eigenvalue weighted by molar-refractivity contribution is 5.97. The number of ether oxygens (including phenoxy) is 3. The standard InChI is InChI=1S/C30H41N3O6/c1-6-8-9-10-15-31-27(34)19-32-20-28(35)33(7-2)24(30(32)36)16-21-11-13-22(14-12-21)23-17-25(37-3)29(39-5)26(18-23)38-4/h11-14,17-18,24H,6-10,15-16,19-20H2,1-5H3,(H,31,34)/t24-/m1/s1. The molecule has 212 valence electrons. The van der Waals surface area contributed by atoms with E-state index in [4.69, 9.17) is 14.2 Å². The summed E-state index contributed by atoms with van der Waals surface area (Å²) >= 11 is 0. The van der Waals surface area contributed by atoms with Crippen molar-refractivity contribution in [1.29, 1.82) is 0 Å². The molecule has 1 saturated heterocycles. The second-order valence-electron chi connectivity index (χ2n) is 9.62. The zero-order valence-corrected chi connectivity index (χ0v) is 23.7. The molecule has 1 aliphatic rings. The minimum atomic E-state index is -0.652. The largest absolute Gasteiger partial charge is 0.493 e. The summed E-state index contributed by atoms with van der Waals surface area (Å²) in [7, 11) is 4.72. The molecule has 0 saturated carbocycles. The lowest BCUT2D eigenvalue weighted by Gasteiger charge is -2.39. The minimum Gasteiger partial charge on any atom is -0.493 e. The fourth-order valence-corrected chi connectivity index (χ4v) is 4.89. The molecule has 1 fully saturated rings. The van der Waals surface area contributed by atoms with E-state index >= 15 is 0 Å². The first-order valence-corrected chi connectivity index (χ1v) is 13.6. The van der Waals surface area contributed by atoms with Crippen molar-refractivity contribution < 1.29 is 28.6 Å². The third-order valence-corrected chi connectivity index (χ3v) is 7.03. The number of hydrogen-bond donors (Lipinski definition) is 1.